The first-order chi connectivity index (χ1) is 17.3. The van der Waals surface area contributed by atoms with Gasteiger partial charge in [-0.3, -0.25) is 24.2 Å². The molecular formula is C21H36N10O6. The summed E-state index contributed by atoms with van der Waals surface area (Å²) in [5, 5.41) is 16.7. The predicted octanol–water partition coefficient (Wildman–Crippen LogP) is -3.60. The highest BCUT2D eigenvalue weighted by Gasteiger charge is 2.31. The number of amides is 4. The van der Waals surface area contributed by atoms with Crippen molar-refractivity contribution in [1.29, 1.82) is 0 Å². The summed E-state index contributed by atoms with van der Waals surface area (Å²) in [5.74, 6) is -4.97. The topological polar surface area (TPSA) is 287 Å². The van der Waals surface area contributed by atoms with Crippen molar-refractivity contribution in [2.75, 3.05) is 6.54 Å². The summed E-state index contributed by atoms with van der Waals surface area (Å²) in [6.45, 7) is 3.56. The molecule has 0 aromatic carbocycles. The van der Waals surface area contributed by atoms with E-state index >= 15 is 0 Å². The summed E-state index contributed by atoms with van der Waals surface area (Å²) in [6.07, 6.45) is 2.40. The highest BCUT2D eigenvalue weighted by atomic mass is 16.4. The number of imidazole rings is 1. The lowest BCUT2D eigenvalue weighted by Crippen LogP contribution is -2.58. The van der Waals surface area contributed by atoms with Crippen LogP contribution in [0.2, 0.25) is 0 Å². The maximum atomic E-state index is 13.0. The molecule has 16 nitrogen and oxygen atoms in total. The Labute approximate surface area is 213 Å². The second-order valence-corrected chi connectivity index (χ2v) is 8.69. The first-order valence-electron chi connectivity index (χ1n) is 11.5. The van der Waals surface area contributed by atoms with Crippen LogP contribution >= 0.6 is 0 Å². The van der Waals surface area contributed by atoms with Gasteiger partial charge in [-0.2, -0.15) is 0 Å². The van der Waals surface area contributed by atoms with Crippen molar-refractivity contribution in [2.45, 2.75) is 63.7 Å². The van der Waals surface area contributed by atoms with Crippen LogP contribution in [0.25, 0.3) is 0 Å². The maximum Gasteiger partial charge on any atom is 0.326 e. The van der Waals surface area contributed by atoms with Crippen molar-refractivity contribution >= 4 is 35.6 Å². The summed E-state index contributed by atoms with van der Waals surface area (Å²) in [4.78, 5) is 72.1. The second kappa shape index (κ2) is 15.0. The molecule has 4 atom stereocenters. The average molecular weight is 525 g/mol. The number of carbonyl (C=O) groups is 5. The number of carbonyl (C=O) groups excluding carboxylic acids is 4. The SMILES string of the molecule is CC(C)C(N)C(=O)NC(CC(N)=O)C(=O)NC(Cc1cnc[nH]1)C(=O)NC(CCCN=C(N)N)C(=O)O. The Morgan fingerprint density at radius 2 is 1.59 bits per heavy atom. The molecule has 206 valence electrons. The minimum absolute atomic E-state index is 0.00995. The molecular weight excluding hydrogens is 488 g/mol. The molecule has 1 aromatic rings. The fourth-order valence-corrected chi connectivity index (χ4v) is 3.11. The number of carboxylic acids is 1. The number of hydrogen-bond acceptors (Lipinski definition) is 8. The molecule has 1 aromatic heterocycles. The van der Waals surface area contributed by atoms with Gasteiger partial charge in [-0.1, -0.05) is 13.8 Å². The van der Waals surface area contributed by atoms with Crippen molar-refractivity contribution in [1.82, 2.24) is 25.9 Å². The lowest BCUT2D eigenvalue weighted by atomic mass is 10.0. The Morgan fingerprint density at radius 1 is 1.00 bits per heavy atom. The van der Waals surface area contributed by atoms with Crippen LogP contribution in [-0.4, -0.2) is 81.3 Å². The van der Waals surface area contributed by atoms with Crippen LogP contribution < -0.4 is 38.9 Å². The number of nitrogens with zero attached hydrogens (tertiary/aromatic N) is 2. The quantitative estimate of drug-likeness (QED) is 0.0581. The fourth-order valence-electron chi connectivity index (χ4n) is 3.11. The van der Waals surface area contributed by atoms with E-state index in [2.05, 4.69) is 30.9 Å². The highest BCUT2D eigenvalue weighted by molar-refractivity contribution is 5.96. The van der Waals surface area contributed by atoms with Crippen LogP contribution in [0.3, 0.4) is 0 Å². The van der Waals surface area contributed by atoms with Crippen LogP contribution in [0.15, 0.2) is 17.5 Å². The molecule has 0 aliphatic heterocycles. The normalized spacial score (nSPS) is 14.1. The van der Waals surface area contributed by atoms with E-state index in [1.54, 1.807) is 13.8 Å². The van der Waals surface area contributed by atoms with Gasteiger partial charge in [0.1, 0.15) is 18.1 Å². The van der Waals surface area contributed by atoms with Crippen LogP contribution in [0.4, 0.5) is 0 Å². The van der Waals surface area contributed by atoms with E-state index in [9.17, 15) is 29.1 Å². The van der Waals surface area contributed by atoms with Crippen LogP contribution in [0.1, 0.15) is 38.8 Å². The van der Waals surface area contributed by atoms with Crippen molar-refractivity contribution in [3.8, 4) is 0 Å². The Morgan fingerprint density at radius 3 is 2.11 bits per heavy atom. The predicted molar refractivity (Wildman–Crippen MR) is 132 cm³/mol. The van der Waals surface area contributed by atoms with Crippen molar-refractivity contribution in [2.24, 2.45) is 33.8 Å². The number of nitrogens with one attached hydrogen (secondary N) is 4. The molecule has 37 heavy (non-hydrogen) atoms. The molecule has 4 unspecified atom stereocenters. The number of rotatable bonds is 16. The van der Waals surface area contributed by atoms with E-state index in [0.717, 1.165) is 0 Å². The Balaban J connectivity index is 3.05. The second-order valence-electron chi connectivity index (χ2n) is 8.69. The number of guanidine groups is 1. The number of nitrogens with two attached hydrogens (primary N) is 4. The largest absolute Gasteiger partial charge is 0.480 e. The first kappa shape index (κ1) is 30.8. The molecule has 13 N–H and O–H groups in total. The van der Waals surface area contributed by atoms with Crippen LogP contribution in [0, 0.1) is 5.92 Å². The minimum Gasteiger partial charge on any atom is -0.480 e. The molecule has 0 saturated heterocycles. The number of aromatic nitrogens is 2. The van der Waals surface area contributed by atoms with Crippen molar-refractivity contribution < 1.29 is 29.1 Å². The van der Waals surface area contributed by atoms with E-state index in [1.807, 2.05) is 0 Å². The standard InChI is InChI=1S/C21H36N10O6/c1-10(2)16(23)19(35)31-14(7-15(22)32)18(34)30-13(6-11-8-26-9-28-11)17(33)29-12(20(36)37)4-3-5-27-21(24)25/h8-10,12-14,16H,3-7,23H2,1-2H3,(H2,22,32)(H,26,28)(H,29,33)(H,30,34)(H,31,35)(H,36,37)(H4,24,25,27). The molecule has 0 fully saturated rings. The third kappa shape index (κ3) is 11.4. The molecule has 0 aliphatic rings. The monoisotopic (exact) mass is 524 g/mol. The lowest BCUT2D eigenvalue weighted by molar-refractivity contribution is -0.142. The van der Waals surface area contributed by atoms with Gasteiger partial charge < -0.3 is 49.0 Å². The number of aliphatic imine (C=N–C) groups is 1. The number of primary amides is 1. The van der Waals surface area contributed by atoms with Crippen LogP contribution in [0.5, 0.6) is 0 Å². The first-order valence-corrected chi connectivity index (χ1v) is 11.5. The van der Waals surface area contributed by atoms with E-state index in [1.165, 1.54) is 12.5 Å². The van der Waals surface area contributed by atoms with Gasteiger partial charge in [-0.25, -0.2) is 9.78 Å². The highest BCUT2D eigenvalue weighted by Crippen LogP contribution is 2.05. The van der Waals surface area contributed by atoms with Gasteiger partial charge in [0.05, 0.1) is 18.8 Å². The fraction of sp³-hybridized carbons (Fsp3) is 0.571. The van der Waals surface area contributed by atoms with Gasteiger partial charge in [-0.15, -0.1) is 0 Å². The van der Waals surface area contributed by atoms with Gasteiger partial charge in [0, 0.05) is 24.9 Å². The number of hydrogen-bond donors (Lipinski definition) is 9. The molecule has 16 heteroatoms. The zero-order valence-corrected chi connectivity index (χ0v) is 20.8. The van der Waals surface area contributed by atoms with E-state index in [0.29, 0.717) is 5.69 Å². The minimum atomic E-state index is -1.42. The summed E-state index contributed by atoms with van der Waals surface area (Å²) < 4.78 is 0. The summed E-state index contributed by atoms with van der Waals surface area (Å²) in [7, 11) is 0. The molecule has 0 aliphatic carbocycles. The Bertz CT molecular complexity index is 961. The Kier molecular flexibility index (Phi) is 12.5. The number of carboxylic acid groups (broad SMARTS) is 1. The molecule has 1 heterocycles. The van der Waals surface area contributed by atoms with E-state index in [4.69, 9.17) is 22.9 Å². The molecule has 0 radical (unpaired) electrons. The molecule has 0 spiro atoms. The molecule has 0 saturated carbocycles. The van der Waals surface area contributed by atoms with Crippen LogP contribution in [-0.2, 0) is 30.4 Å². The summed E-state index contributed by atoms with van der Waals surface area (Å²) >= 11 is 0. The third-order valence-corrected chi connectivity index (χ3v) is 5.23. The Hall–Kier alpha value is -4.21. The van der Waals surface area contributed by atoms with Gasteiger partial charge in [0.15, 0.2) is 5.96 Å². The average Bonchev–Trinajstić information content (AvgIpc) is 3.31. The molecule has 0 bridgehead atoms. The maximum absolute atomic E-state index is 13.0. The number of aliphatic carboxylic acids is 1. The van der Waals surface area contributed by atoms with Gasteiger partial charge in [-0.05, 0) is 18.8 Å². The third-order valence-electron chi connectivity index (χ3n) is 5.23. The number of aromatic amines is 1. The summed E-state index contributed by atoms with van der Waals surface area (Å²) in [6, 6.07) is -4.96. The van der Waals surface area contributed by atoms with E-state index < -0.39 is 60.2 Å². The molecule has 1 rings (SSSR count). The van der Waals surface area contributed by atoms with Crippen molar-refractivity contribution in [3.05, 3.63) is 18.2 Å². The van der Waals surface area contributed by atoms with Crippen molar-refractivity contribution in [3.63, 3.8) is 0 Å². The molecule has 4 amide bonds. The van der Waals surface area contributed by atoms with Gasteiger partial charge in [0.2, 0.25) is 23.6 Å². The zero-order chi connectivity index (χ0) is 28.1. The smallest absolute Gasteiger partial charge is 0.326 e. The van der Waals surface area contributed by atoms with E-state index in [-0.39, 0.29) is 37.7 Å². The number of H-pyrrole nitrogens is 1. The van der Waals surface area contributed by atoms with Gasteiger partial charge in [0.25, 0.3) is 0 Å². The lowest BCUT2D eigenvalue weighted by Gasteiger charge is -2.25. The zero-order valence-electron chi connectivity index (χ0n) is 20.8. The van der Waals surface area contributed by atoms with Gasteiger partial charge >= 0.3 is 5.97 Å². The summed E-state index contributed by atoms with van der Waals surface area (Å²) in [5.41, 5.74) is 22.0.